The van der Waals surface area contributed by atoms with Gasteiger partial charge in [-0.05, 0) is 72.4 Å². The van der Waals surface area contributed by atoms with Gasteiger partial charge in [0.05, 0.1) is 23.9 Å². The zero-order chi connectivity index (χ0) is 28.7. The zero-order valence-corrected chi connectivity index (χ0v) is 22.9. The fourth-order valence-corrected chi connectivity index (χ4v) is 5.77. The summed E-state index contributed by atoms with van der Waals surface area (Å²) in [5.41, 5.74) is 0.884. The van der Waals surface area contributed by atoms with Crippen molar-refractivity contribution in [2.75, 3.05) is 7.11 Å². The number of carbonyl (C=O) groups is 2. The standard InChI is InChI=1S/C31H35F3N2O4/c1-18-3-5-19(6-4-18)12-27(37)24-16-26-22(15-28(24)40-2)14-23(36-26)13-21-11-20(7-8-25(21)31(32,33)34)17-35-29(38)30(39)9-10-30/h7-8,11,15-16,18-19,39H,3-6,9-10,12-14,17H2,1-2H3,(H,35,38). The van der Waals surface area contributed by atoms with E-state index >= 15 is 0 Å². The summed E-state index contributed by atoms with van der Waals surface area (Å²) in [6.07, 6.45) is 1.32. The Morgan fingerprint density at radius 1 is 1.12 bits per heavy atom. The molecule has 0 aromatic heterocycles. The van der Waals surface area contributed by atoms with Crippen molar-refractivity contribution in [3.05, 3.63) is 58.1 Å². The summed E-state index contributed by atoms with van der Waals surface area (Å²) in [6, 6.07) is 7.29. The van der Waals surface area contributed by atoms with Crippen LogP contribution in [0.4, 0.5) is 18.9 Å². The molecule has 2 aromatic carbocycles. The van der Waals surface area contributed by atoms with Gasteiger partial charge in [-0.2, -0.15) is 13.2 Å². The maximum absolute atomic E-state index is 13.9. The van der Waals surface area contributed by atoms with E-state index < -0.39 is 23.2 Å². The van der Waals surface area contributed by atoms with Crippen LogP contribution >= 0.6 is 0 Å². The predicted molar refractivity (Wildman–Crippen MR) is 145 cm³/mol. The first-order valence-corrected chi connectivity index (χ1v) is 14.0. The smallest absolute Gasteiger partial charge is 0.416 e. The first kappa shape index (κ1) is 28.3. The summed E-state index contributed by atoms with van der Waals surface area (Å²) in [6.45, 7) is 2.25. The maximum Gasteiger partial charge on any atom is 0.416 e. The number of fused-ring (bicyclic) bond motifs is 1. The lowest BCUT2D eigenvalue weighted by Gasteiger charge is -2.25. The third-order valence-electron chi connectivity index (χ3n) is 8.45. The number of nitrogens with zero attached hydrogens (tertiary/aromatic N) is 1. The monoisotopic (exact) mass is 556 g/mol. The highest BCUT2D eigenvalue weighted by atomic mass is 19.4. The van der Waals surface area contributed by atoms with Crippen LogP contribution in [-0.4, -0.2) is 35.2 Å². The number of amides is 1. The third kappa shape index (κ3) is 6.24. The number of Topliss-reactive ketones (excluding diaryl/α,β-unsaturated/α-hetero) is 1. The van der Waals surface area contributed by atoms with Gasteiger partial charge < -0.3 is 15.2 Å². The van der Waals surface area contributed by atoms with Crippen LogP contribution in [0.2, 0.25) is 0 Å². The number of carbonyl (C=O) groups excluding carboxylic acids is 2. The van der Waals surface area contributed by atoms with E-state index in [0.717, 1.165) is 37.3 Å². The Balaban J connectivity index is 1.34. The number of nitrogens with one attached hydrogen (secondary N) is 1. The topological polar surface area (TPSA) is 88.0 Å². The number of ether oxygens (including phenoxy) is 1. The summed E-state index contributed by atoms with van der Waals surface area (Å²) in [5.74, 6) is 1.01. The van der Waals surface area contributed by atoms with Crippen LogP contribution in [0.5, 0.6) is 5.75 Å². The average molecular weight is 557 g/mol. The first-order chi connectivity index (χ1) is 18.9. The molecule has 0 atom stereocenters. The van der Waals surface area contributed by atoms with E-state index in [9.17, 15) is 27.9 Å². The van der Waals surface area contributed by atoms with Gasteiger partial charge in [0.2, 0.25) is 0 Å². The van der Waals surface area contributed by atoms with E-state index in [1.165, 1.54) is 19.2 Å². The largest absolute Gasteiger partial charge is 0.496 e. The minimum atomic E-state index is -4.55. The molecule has 1 amide bonds. The highest BCUT2D eigenvalue weighted by molar-refractivity contribution is 6.02. The van der Waals surface area contributed by atoms with Gasteiger partial charge in [0.1, 0.15) is 11.4 Å². The lowest BCUT2D eigenvalue weighted by molar-refractivity contribution is -0.138. The van der Waals surface area contributed by atoms with Crippen molar-refractivity contribution in [2.24, 2.45) is 16.8 Å². The van der Waals surface area contributed by atoms with E-state index in [4.69, 9.17) is 4.74 Å². The SMILES string of the molecule is COc1cc2c(cc1C(=O)CC1CCC(C)CC1)N=C(Cc1cc(CNC(=O)C3(O)CC3)ccc1C(F)(F)F)C2. The Morgan fingerprint density at radius 3 is 2.50 bits per heavy atom. The molecule has 9 heteroatoms. The minimum absolute atomic E-state index is 0.00724. The Labute approximate surface area is 232 Å². The molecule has 0 spiro atoms. The highest BCUT2D eigenvalue weighted by Gasteiger charge is 2.47. The fourth-order valence-electron chi connectivity index (χ4n) is 5.77. The maximum atomic E-state index is 13.9. The van der Waals surface area contributed by atoms with Gasteiger partial charge in [-0.15, -0.1) is 0 Å². The molecule has 0 unspecified atom stereocenters. The van der Waals surface area contributed by atoms with Crippen molar-refractivity contribution in [1.82, 2.24) is 5.32 Å². The van der Waals surface area contributed by atoms with Crippen LogP contribution in [0.3, 0.4) is 0 Å². The summed E-state index contributed by atoms with van der Waals surface area (Å²) in [7, 11) is 1.51. The molecule has 6 nitrogen and oxygen atoms in total. The van der Waals surface area contributed by atoms with Crippen LogP contribution in [0.1, 0.15) is 84.5 Å². The number of ketones is 1. The summed E-state index contributed by atoms with van der Waals surface area (Å²) < 4.78 is 47.1. The molecule has 2 N–H and O–H groups in total. The summed E-state index contributed by atoms with van der Waals surface area (Å²) in [5, 5.41) is 12.5. The minimum Gasteiger partial charge on any atom is -0.496 e. The summed E-state index contributed by atoms with van der Waals surface area (Å²) in [4.78, 5) is 29.9. The zero-order valence-electron chi connectivity index (χ0n) is 22.9. The number of benzene rings is 2. The van der Waals surface area contributed by atoms with Crippen LogP contribution in [0.15, 0.2) is 35.3 Å². The molecule has 2 fully saturated rings. The van der Waals surface area contributed by atoms with Crippen molar-refractivity contribution in [3.8, 4) is 5.75 Å². The second kappa shape index (κ2) is 11.0. The van der Waals surface area contributed by atoms with Crippen molar-refractivity contribution < 1.29 is 32.6 Å². The van der Waals surface area contributed by atoms with Crippen molar-refractivity contribution in [2.45, 2.75) is 83.0 Å². The Hall–Kier alpha value is -3.20. The molecule has 0 bridgehead atoms. The van der Waals surface area contributed by atoms with Crippen LogP contribution in [-0.2, 0) is 30.4 Å². The normalized spacial score (nSPS) is 21.4. The molecule has 3 aliphatic rings. The number of aliphatic imine (C=N–C) groups is 1. The van der Waals surface area contributed by atoms with Crippen LogP contribution < -0.4 is 10.1 Å². The van der Waals surface area contributed by atoms with Crippen molar-refractivity contribution >= 4 is 23.1 Å². The van der Waals surface area contributed by atoms with E-state index in [0.29, 0.717) is 65.8 Å². The van der Waals surface area contributed by atoms with Gasteiger partial charge in [-0.1, -0.05) is 31.9 Å². The molecule has 1 aliphatic heterocycles. The van der Waals surface area contributed by atoms with Gasteiger partial charge in [-0.25, -0.2) is 0 Å². The predicted octanol–water partition coefficient (Wildman–Crippen LogP) is 6.13. The Kier molecular flexibility index (Phi) is 7.79. The molecule has 0 saturated heterocycles. The van der Waals surface area contributed by atoms with Gasteiger partial charge in [0.15, 0.2) is 5.78 Å². The van der Waals surface area contributed by atoms with E-state index in [2.05, 4.69) is 17.2 Å². The molecule has 2 aliphatic carbocycles. The Bertz CT molecular complexity index is 1340. The number of rotatable bonds is 9. The highest BCUT2D eigenvalue weighted by Crippen LogP contribution is 2.39. The van der Waals surface area contributed by atoms with E-state index in [1.54, 1.807) is 12.1 Å². The number of halogens is 3. The molecule has 214 valence electrons. The molecule has 1 heterocycles. The van der Waals surface area contributed by atoms with Gasteiger partial charge in [0.25, 0.3) is 5.91 Å². The lowest BCUT2D eigenvalue weighted by Crippen LogP contribution is -2.35. The van der Waals surface area contributed by atoms with Crippen LogP contribution in [0.25, 0.3) is 0 Å². The van der Waals surface area contributed by atoms with Gasteiger partial charge >= 0.3 is 6.18 Å². The van der Waals surface area contributed by atoms with Gasteiger partial charge in [-0.3, -0.25) is 14.6 Å². The number of alkyl halides is 3. The summed E-state index contributed by atoms with van der Waals surface area (Å²) >= 11 is 0. The van der Waals surface area contributed by atoms with E-state index in [-0.39, 0.29) is 24.3 Å². The quantitative estimate of drug-likeness (QED) is 0.364. The molecule has 2 saturated carbocycles. The van der Waals surface area contributed by atoms with Crippen molar-refractivity contribution in [1.29, 1.82) is 0 Å². The number of hydrogen-bond donors (Lipinski definition) is 2. The molecule has 40 heavy (non-hydrogen) atoms. The lowest BCUT2D eigenvalue weighted by atomic mass is 9.80. The number of hydrogen-bond acceptors (Lipinski definition) is 5. The molecular formula is C31H35F3N2O4. The van der Waals surface area contributed by atoms with E-state index in [1.807, 2.05) is 0 Å². The molecule has 0 radical (unpaired) electrons. The first-order valence-electron chi connectivity index (χ1n) is 14.0. The second-order valence-electron chi connectivity index (χ2n) is 11.7. The molecule has 2 aromatic rings. The molecule has 5 rings (SSSR count). The third-order valence-corrected chi connectivity index (χ3v) is 8.45. The molecular weight excluding hydrogens is 521 g/mol. The Morgan fingerprint density at radius 2 is 1.85 bits per heavy atom. The number of methoxy groups -OCH3 is 1. The van der Waals surface area contributed by atoms with Crippen molar-refractivity contribution in [3.63, 3.8) is 0 Å². The second-order valence-corrected chi connectivity index (χ2v) is 11.7. The van der Waals surface area contributed by atoms with Gasteiger partial charge in [0, 0.05) is 31.5 Å². The number of aliphatic hydroxyl groups is 1. The average Bonchev–Trinajstić information content (AvgIpc) is 3.54. The van der Waals surface area contributed by atoms with Crippen LogP contribution in [0, 0.1) is 11.8 Å². The fraction of sp³-hybridized carbons (Fsp3) is 0.516.